The second-order valence-electron chi connectivity index (χ2n) is 12.3. The number of aliphatic hydroxyl groups is 1. The Balaban J connectivity index is 1.48. The number of rotatable bonds is 4. The lowest BCUT2D eigenvalue weighted by molar-refractivity contribution is -0.164. The molecule has 0 amide bonds. The molecule has 6 unspecified atom stereocenters. The summed E-state index contributed by atoms with van der Waals surface area (Å²) in [6, 6.07) is 9.64. The molecule has 3 aliphatic carbocycles. The molecule has 3 saturated heterocycles. The Morgan fingerprint density at radius 3 is 2.54 bits per heavy atom. The largest absolute Gasteiger partial charge is 0.466 e. The topological polar surface area (TPSA) is 85.3 Å². The molecular weight excluding hydrogens is 470 g/mol. The van der Waals surface area contributed by atoms with E-state index in [2.05, 4.69) is 11.8 Å². The molecule has 2 saturated carbocycles. The van der Waals surface area contributed by atoms with Gasteiger partial charge < -0.3 is 19.3 Å². The number of nitrogens with zero attached hydrogens (tertiary/aromatic N) is 1. The van der Waals surface area contributed by atoms with E-state index in [1.54, 1.807) is 31.4 Å². The minimum atomic E-state index is -1.06. The summed E-state index contributed by atoms with van der Waals surface area (Å²) in [5.74, 6) is -0.629. The van der Waals surface area contributed by atoms with E-state index in [4.69, 9.17) is 14.2 Å². The van der Waals surface area contributed by atoms with Crippen molar-refractivity contribution in [3.05, 3.63) is 47.0 Å². The summed E-state index contributed by atoms with van der Waals surface area (Å²) >= 11 is 0. The van der Waals surface area contributed by atoms with Crippen LogP contribution in [0.2, 0.25) is 0 Å². The van der Waals surface area contributed by atoms with Crippen molar-refractivity contribution < 1.29 is 28.9 Å². The molecule has 0 radical (unpaired) electrons. The van der Waals surface area contributed by atoms with Crippen molar-refractivity contribution in [2.45, 2.75) is 87.3 Å². The van der Waals surface area contributed by atoms with Crippen LogP contribution in [-0.2, 0) is 19.0 Å². The minimum Gasteiger partial charge on any atom is -0.466 e. The fraction of sp³-hybridized carbons (Fsp3) is 0.667. The van der Waals surface area contributed by atoms with Crippen molar-refractivity contribution in [1.82, 2.24) is 4.90 Å². The molecule has 7 nitrogen and oxygen atoms in total. The van der Waals surface area contributed by atoms with Crippen LogP contribution in [0.25, 0.3) is 0 Å². The Morgan fingerprint density at radius 1 is 1.03 bits per heavy atom. The molecule has 6 aliphatic rings. The number of fused-ring (bicyclic) bond motifs is 2. The van der Waals surface area contributed by atoms with E-state index in [0.717, 1.165) is 44.1 Å². The van der Waals surface area contributed by atoms with Crippen LogP contribution in [-0.4, -0.2) is 71.6 Å². The third-order valence-corrected chi connectivity index (χ3v) is 11.1. The molecule has 1 aromatic rings. The summed E-state index contributed by atoms with van der Waals surface area (Å²) in [6.45, 7) is 2.31. The lowest BCUT2D eigenvalue weighted by Crippen LogP contribution is -2.73. The molecule has 11 atom stereocenters. The van der Waals surface area contributed by atoms with Gasteiger partial charge in [0.15, 0.2) is 0 Å². The third-order valence-electron chi connectivity index (χ3n) is 11.1. The number of benzene rings is 1. The van der Waals surface area contributed by atoms with E-state index in [0.29, 0.717) is 29.6 Å². The summed E-state index contributed by atoms with van der Waals surface area (Å²) in [4.78, 5) is 29.9. The van der Waals surface area contributed by atoms with E-state index in [1.807, 2.05) is 6.07 Å². The molecule has 5 fully saturated rings. The van der Waals surface area contributed by atoms with Crippen LogP contribution in [0.4, 0.5) is 0 Å². The molecule has 1 N–H and O–H groups in total. The van der Waals surface area contributed by atoms with Crippen molar-refractivity contribution in [2.75, 3.05) is 14.2 Å². The first kappa shape index (κ1) is 23.9. The lowest BCUT2D eigenvalue weighted by atomic mass is 9.53. The number of hydrogen-bond donors (Lipinski definition) is 1. The van der Waals surface area contributed by atoms with E-state index < -0.39 is 29.2 Å². The fourth-order valence-corrected chi connectivity index (χ4v) is 10.2. The van der Waals surface area contributed by atoms with Gasteiger partial charge in [-0.05, 0) is 75.0 Å². The van der Waals surface area contributed by atoms with E-state index in [1.165, 1.54) is 7.11 Å². The number of carbonyl (C=O) groups excluding carboxylic acids is 2. The summed E-state index contributed by atoms with van der Waals surface area (Å²) in [7, 11) is 3.11. The monoisotopic (exact) mass is 507 g/mol. The van der Waals surface area contributed by atoms with Crippen LogP contribution in [0.5, 0.6) is 0 Å². The van der Waals surface area contributed by atoms with Crippen LogP contribution in [0.15, 0.2) is 41.5 Å². The maximum atomic E-state index is 13.8. The standard InChI is InChI=1S/C30H37NO6/c1-16-12-13-19-21-14-18-15-29(19,34)26-24(28(33)36-3)25(37-27(32)17-8-5-4-6-9-17)23-20(30(18,26)31(16)21)10-7-11-22(23)35-2/h4-6,8-9,16,18-23,25,34H,7,10-15H2,1-3H3/t16-,18-,19+,20?,21?,22?,23?,25-,29+,30?/m0/s1. The first-order valence-corrected chi connectivity index (χ1v) is 14.0. The minimum absolute atomic E-state index is 0.0917. The van der Waals surface area contributed by atoms with Gasteiger partial charge in [-0.2, -0.15) is 0 Å². The normalized spacial score (nSPS) is 46.9. The molecular formula is C30H37NO6. The molecule has 37 heavy (non-hydrogen) atoms. The Morgan fingerprint density at radius 2 is 1.81 bits per heavy atom. The Kier molecular flexibility index (Phi) is 5.25. The zero-order chi connectivity index (χ0) is 25.7. The molecule has 5 bridgehead atoms. The van der Waals surface area contributed by atoms with Crippen LogP contribution in [0.1, 0.15) is 62.2 Å². The quantitative estimate of drug-likeness (QED) is 0.625. The van der Waals surface area contributed by atoms with Gasteiger partial charge in [0.25, 0.3) is 0 Å². The van der Waals surface area contributed by atoms with E-state index in [-0.39, 0.29) is 29.8 Å². The summed E-state index contributed by atoms with van der Waals surface area (Å²) in [5.41, 5.74) is 0.185. The average Bonchev–Trinajstić information content (AvgIpc) is 3.32. The molecule has 7 heteroatoms. The third kappa shape index (κ3) is 2.83. The molecule has 0 aromatic heterocycles. The molecule has 1 spiro atoms. The van der Waals surface area contributed by atoms with Gasteiger partial charge in [0, 0.05) is 31.0 Å². The molecule has 3 heterocycles. The van der Waals surface area contributed by atoms with Crippen LogP contribution in [0.3, 0.4) is 0 Å². The SMILES string of the molecule is COC(=O)C1=C2C3(C4CCCC(OC)C4[C@@H]1OC(=O)c1ccccc1)[C@H]1CC4[C@@H](CC[C@H](C)N43)[C@]2(O)C1. The predicted molar refractivity (Wildman–Crippen MR) is 135 cm³/mol. The van der Waals surface area contributed by atoms with E-state index >= 15 is 0 Å². The number of methoxy groups -OCH3 is 2. The highest BCUT2D eigenvalue weighted by molar-refractivity contribution is 5.95. The Bertz CT molecular complexity index is 1170. The van der Waals surface area contributed by atoms with Crippen LogP contribution < -0.4 is 0 Å². The predicted octanol–water partition coefficient (Wildman–Crippen LogP) is 3.50. The summed E-state index contributed by atoms with van der Waals surface area (Å²) < 4.78 is 17.8. The summed E-state index contributed by atoms with van der Waals surface area (Å²) in [6.07, 6.45) is 5.60. The van der Waals surface area contributed by atoms with Gasteiger partial charge in [0.2, 0.25) is 0 Å². The molecule has 7 rings (SSSR count). The first-order chi connectivity index (χ1) is 17.9. The molecule has 198 valence electrons. The van der Waals surface area contributed by atoms with Crippen molar-refractivity contribution in [3.8, 4) is 0 Å². The van der Waals surface area contributed by atoms with Gasteiger partial charge in [-0.1, -0.05) is 24.6 Å². The maximum Gasteiger partial charge on any atom is 0.338 e. The molecule has 3 aliphatic heterocycles. The second kappa shape index (κ2) is 8.14. The van der Waals surface area contributed by atoms with Gasteiger partial charge in [-0.25, -0.2) is 9.59 Å². The second-order valence-corrected chi connectivity index (χ2v) is 12.3. The highest BCUT2D eigenvalue weighted by atomic mass is 16.6. The van der Waals surface area contributed by atoms with Crippen LogP contribution in [0, 0.1) is 23.7 Å². The van der Waals surface area contributed by atoms with Gasteiger partial charge in [-0.15, -0.1) is 0 Å². The number of esters is 2. The highest BCUT2D eigenvalue weighted by Crippen LogP contribution is 2.75. The number of carbonyl (C=O) groups is 2. The van der Waals surface area contributed by atoms with Crippen molar-refractivity contribution in [2.24, 2.45) is 23.7 Å². The Labute approximate surface area is 218 Å². The van der Waals surface area contributed by atoms with Crippen molar-refractivity contribution in [1.29, 1.82) is 0 Å². The number of ether oxygens (including phenoxy) is 3. The van der Waals surface area contributed by atoms with Gasteiger partial charge in [0.1, 0.15) is 6.10 Å². The van der Waals surface area contributed by atoms with E-state index in [9.17, 15) is 14.7 Å². The number of hydrogen-bond acceptors (Lipinski definition) is 7. The molecule has 1 aromatic carbocycles. The fourth-order valence-electron chi connectivity index (χ4n) is 10.2. The van der Waals surface area contributed by atoms with Gasteiger partial charge in [0.05, 0.1) is 35.5 Å². The highest BCUT2D eigenvalue weighted by Gasteiger charge is 2.81. The van der Waals surface area contributed by atoms with Gasteiger partial charge >= 0.3 is 11.9 Å². The van der Waals surface area contributed by atoms with Crippen molar-refractivity contribution in [3.63, 3.8) is 0 Å². The maximum absolute atomic E-state index is 13.8. The smallest absolute Gasteiger partial charge is 0.338 e. The zero-order valence-electron chi connectivity index (χ0n) is 21.9. The van der Waals surface area contributed by atoms with Gasteiger partial charge in [-0.3, -0.25) is 4.90 Å². The Hall–Kier alpha value is -2.22. The first-order valence-electron chi connectivity index (χ1n) is 14.0. The van der Waals surface area contributed by atoms with Crippen molar-refractivity contribution >= 4 is 11.9 Å². The number of piperidine rings is 2. The van der Waals surface area contributed by atoms with Crippen LogP contribution >= 0.6 is 0 Å². The lowest BCUT2D eigenvalue weighted by Gasteiger charge is -2.65. The zero-order valence-corrected chi connectivity index (χ0v) is 21.9. The average molecular weight is 508 g/mol. The summed E-state index contributed by atoms with van der Waals surface area (Å²) in [5, 5.41) is 12.5.